The molecular weight excluding hydrogens is 279 g/mol. The van der Waals surface area contributed by atoms with Crippen molar-refractivity contribution < 1.29 is 16.0 Å². The molecule has 10 rings (SSSR count). The van der Waals surface area contributed by atoms with Gasteiger partial charge >= 0.3 is 93.8 Å². The fourth-order valence-corrected chi connectivity index (χ4v) is 96.3. The molecule has 92 valence electrons. The molecule has 0 aromatic rings. The van der Waals surface area contributed by atoms with Crippen LogP contribution in [0.15, 0.2) is 0 Å². The van der Waals surface area contributed by atoms with Crippen LogP contribution in [0.3, 0.4) is 0 Å². The third-order valence-corrected chi connectivity index (χ3v) is 60.9. The molecule has 8 unspecified atom stereocenters. The van der Waals surface area contributed by atoms with Crippen LogP contribution in [0.1, 0.15) is 6.92 Å². The summed E-state index contributed by atoms with van der Waals surface area (Å²) in [5.41, 5.74) is 0. The van der Waals surface area contributed by atoms with E-state index in [1.807, 2.05) is 6.92 Å². The van der Waals surface area contributed by atoms with Gasteiger partial charge in [-0.15, -0.1) is 0 Å². The van der Waals surface area contributed by atoms with Crippen molar-refractivity contribution in [1.29, 1.82) is 0 Å². The van der Waals surface area contributed by atoms with E-state index in [1.165, 1.54) is 0 Å². The second-order valence-electron chi connectivity index (χ2n) is 10.4. The van der Waals surface area contributed by atoms with Crippen molar-refractivity contribution in [2.24, 2.45) is 0 Å². The number of rotatable bonds is 2. The average molecular weight is 293 g/mol. The average Bonchev–Trinajstić information content (AvgIpc) is 3.22. The van der Waals surface area contributed by atoms with E-state index < -0.39 is 6.51 Å². The summed E-state index contributed by atoms with van der Waals surface area (Å²) in [4.78, 5) is 20.8. The maximum absolute atomic E-state index is 12.7. The number of esters is 1. The van der Waals surface area contributed by atoms with E-state index in [1.54, 1.807) is 0 Å². The van der Waals surface area contributed by atoms with E-state index in [2.05, 4.69) is 0 Å². The molecule has 0 aromatic carbocycles. The first kappa shape index (κ1) is 6.63. The normalized spacial score (nSPS) is 123. The Morgan fingerprint density at radius 1 is 1.18 bits per heavy atom. The molecule has 0 aromatic heterocycles. The van der Waals surface area contributed by atoms with Crippen molar-refractivity contribution in [3.05, 3.63) is 0 Å². The van der Waals surface area contributed by atoms with Crippen LogP contribution in [0, 0.1) is 0 Å². The zero-order chi connectivity index (χ0) is 10.9. The van der Waals surface area contributed by atoms with Crippen molar-refractivity contribution in [2.45, 2.75) is 53.5 Å². The summed E-state index contributed by atoms with van der Waals surface area (Å²) in [6.07, 6.45) is 0. The van der Waals surface area contributed by atoms with Gasteiger partial charge < -0.3 is 0 Å². The number of hydrogen-bond acceptors (Lipinski definition) is 2. The van der Waals surface area contributed by atoms with Crippen LogP contribution in [0.5, 0.6) is 0 Å². The third kappa shape index (κ3) is 0.0600. The fraction of sp³-hybridized carbons (Fsp3) is 0.923. The first-order valence-corrected chi connectivity index (χ1v) is 13.6. The molecule has 10 saturated heterocycles. The van der Waals surface area contributed by atoms with Gasteiger partial charge in [0, 0.05) is 0 Å². The van der Waals surface area contributed by atoms with Gasteiger partial charge in [-0.25, -0.2) is 0 Å². The van der Waals surface area contributed by atoms with Crippen LogP contribution in [-0.4, -0.2) is 16.3 Å². The zero-order valence-corrected chi connectivity index (χ0v) is 11.2. The van der Waals surface area contributed by atoms with E-state index in [-0.39, 0.29) is 10.3 Å². The monoisotopic (exact) mass is 292 g/mol. The molecule has 10 aliphatic rings. The molecule has 0 N–H and O–H groups in total. The number of hydrogen-bond donors (Lipinski definition) is 0. The molecule has 4 heteroatoms. The van der Waals surface area contributed by atoms with E-state index in [0.717, 1.165) is 38.5 Å². The van der Waals surface area contributed by atoms with Crippen molar-refractivity contribution in [3.8, 4) is 0 Å². The van der Waals surface area contributed by atoms with Crippen molar-refractivity contribution in [3.63, 3.8) is 0 Å². The first-order chi connectivity index (χ1) is 7.91. The quantitative estimate of drug-likeness (QED) is 0.443. The molecule has 0 aliphatic carbocycles. The third-order valence-electron chi connectivity index (χ3n) is 15.2. The van der Waals surface area contributed by atoms with Gasteiger partial charge in [-0.05, 0) is 0 Å². The Labute approximate surface area is 93.7 Å². The number of halogens is 1. The predicted molar refractivity (Wildman–Crippen MR) is 57.9 cm³/mol. The van der Waals surface area contributed by atoms with Crippen LogP contribution in [0.2, 0.25) is 42.8 Å². The van der Waals surface area contributed by atoms with Gasteiger partial charge in [0.25, 0.3) is 0 Å². The Morgan fingerprint density at radius 2 is 1.71 bits per heavy atom. The van der Waals surface area contributed by atoms with Crippen LogP contribution in [-0.2, 0) is 16.0 Å². The second-order valence-corrected chi connectivity index (χ2v) is 34.5. The van der Waals surface area contributed by atoms with Gasteiger partial charge in [0.15, 0.2) is 0 Å². The zero-order valence-electron chi connectivity index (χ0n) is 9.37. The molecule has 0 bridgehead atoms. The molecule has 8 atom stereocenters. The topological polar surface area (TPSA) is 26.3 Å². The molecule has 1 spiro atoms. The summed E-state index contributed by atoms with van der Waals surface area (Å²) in [5.74, 6) is 0.256. The van der Waals surface area contributed by atoms with Crippen molar-refractivity contribution in [1.82, 2.24) is 0 Å². The van der Waals surface area contributed by atoms with Gasteiger partial charge in [0.2, 0.25) is 0 Å². The molecule has 0 saturated carbocycles. The number of fused-ring (bicyclic) bond motifs is 10. The summed E-state index contributed by atoms with van der Waals surface area (Å²) < 4.78 is 6.03. The molecule has 0 radical (unpaired) electrons. The summed E-state index contributed by atoms with van der Waals surface area (Å²) in [6.45, 7) is -1.00. The van der Waals surface area contributed by atoms with Crippen LogP contribution in [0.4, 0.5) is 0 Å². The van der Waals surface area contributed by atoms with Gasteiger partial charge in [0.05, 0.1) is 0 Å². The predicted octanol–water partition coefficient (Wildman–Crippen LogP) is 3.46. The minimum absolute atomic E-state index is 0.173. The number of ether oxygens (including phenoxy) is 1. The van der Waals surface area contributed by atoms with Gasteiger partial charge in [0.1, 0.15) is 0 Å². The molecule has 17 heavy (non-hydrogen) atoms. The fourth-order valence-electron chi connectivity index (χ4n) is 17.0. The Morgan fingerprint density at radius 3 is 1.94 bits per heavy atom. The van der Waals surface area contributed by atoms with Crippen LogP contribution >= 0.6 is 11.6 Å². The second kappa shape index (κ2) is 0.511. The standard InChI is InChI=1S/C8H9O2.C5H4Cl.Fe/c1-2-10-8(9)7-5-3-4-6-7;6-5-3-1-2-4-5;/h3-6H,2H2,1H3;1-4H;. The molecule has 10 fully saturated rings. The molecule has 10 heterocycles. The Kier molecular flexibility index (Phi) is 0.199. The Balaban J connectivity index is 1.62. The minimum atomic E-state index is -3.53. The molecule has 10 aliphatic heterocycles. The van der Waals surface area contributed by atoms with Crippen LogP contribution < -0.4 is 0 Å². The summed E-state index contributed by atoms with van der Waals surface area (Å²) >= 11 is 7.21. The summed E-state index contributed by atoms with van der Waals surface area (Å²) in [7, 11) is 0. The maximum atomic E-state index is 12.7. The first-order valence-electron chi connectivity index (χ1n) is 6.98. The van der Waals surface area contributed by atoms with E-state index in [4.69, 9.17) is 16.3 Å². The van der Waals surface area contributed by atoms with Crippen molar-refractivity contribution in [2.75, 3.05) is 6.61 Å². The summed E-state index contributed by atoms with van der Waals surface area (Å²) in [6, 6.07) is 0. The molecule has 0 amide bonds. The molecule has 2 nitrogen and oxygen atoms in total. The number of carbonyl (C=O) groups is 1. The van der Waals surface area contributed by atoms with E-state index in [9.17, 15) is 4.79 Å². The van der Waals surface area contributed by atoms with Gasteiger partial charge in [-0.2, -0.15) is 0 Å². The van der Waals surface area contributed by atoms with E-state index in [0.29, 0.717) is 10.4 Å². The van der Waals surface area contributed by atoms with E-state index >= 15 is 0 Å². The van der Waals surface area contributed by atoms with Crippen LogP contribution in [0.25, 0.3) is 0 Å². The summed E-state index contributed by atoms with van der Waals surface area (Å²) in [5, 5.41) is 0. The number of alkyl halides is 1. The van der Waals surface area contributed by atoms with Gasteiger partial charge in [-0.3, -0.25) is 0 Å². The SMILES string of the molecule is CCOC(=O)[C]12[CH]3[CH]4[CH]5[CH]1[Fe]45321678[CH]2[CH]1[CH]6[C]7(Cl)[CH]28. The molecular formula is C13H13ClFeO2. The Hall–Kier alpha value is 0.279. The number of carbonyl (C=O) groups excluding carboxylic acids is 1. The van der Waals surface area contributed by atoms with Gasteiger partial charge in [-0.1, -0.05) is 0 Å². The van der Waals surface area contributed by atoms with Crippen molar-refractivity contribution >= 4 is 17.6 Å². The Bertz CT molecular complexity index is 1040.